The monoisotopic (exact) mass is 263 g/mol. The molecule has 1 rings (SSSR count). The van der Waals surface area contributed by atoms with Crippen LogP contribution in [0.2, 0.25) is 0 Å². The first-order chi connectivity index (χ1) is 7.84. The maximum Gasteiger partial charge on any atom is 0.279 e. The van der Waals surface area contributed by atoms with Gasteiger partial charge in [0.1, 0.15) is 0 Å². The highest BCUT2D eigenvalue weighted by Gasteiger charge is 2.25. The molecule has 1 saturated heterocycles. The Morgan fingerprint density at radius 3 is 2.65 bits per heavy atom. The molecule has 0 saturated carbocycles. The van der Waals surface area contributed by atoms with Crippen molar-refractivity contribution in [3.63, 3.8) is 0 Å². The van der Waals surface area contributed by atoms with Crippen LogP contribution in [0.15, 0.2) is 0 Å². The highest BCUT2D eigenvalue weighted by Crippen LogP contribution is 2.17. The summed E-state index contributed by atoms with van der Waals surface area (Å²) in [6.45, 7) is 8.37. The number of hydrogen-bond donors (Lipinski definition) is 2. The molecule has 5 nitrogen and oxygen atoms in total. The van der Waals surface area contributed by atoms with Crippen LogP contribution in [0.3, 0.4) is 0 Å². The Kier molecular flexibility index (Phi) is 5.37. The molecule has 2 N–H and O–H groups in total. The molecule has 1 aliphatic rings. The normalized spacial score (nSPS) is 26.7. The van der Waals surface area contributed by atoms with Gasteiger partial charge in [0.2, 0.25) is 0 Å². The van der Waals surface area contributed by atoms with Crippen LogP contribution in [0.1, 0.15) is 27.2 Å². The lowest BCUT2D eigenvalue weighted by Gasteiger charge is -2.30. The molecule has 6 heteroatoms. The molecule has 0 spiro atoms. The van der Waals surface area contributed by atoms with Crippen molar-refractivity contribution >= 4 is 10.2 Å². The van der Waals surface area contributed by atoms with Crippen molar-refractivity contribution < 1.29 is 8.42 Å². The van der Waals surface area contributed by atoms with Crippen LogP contribution >= 0.6 is 0 Å². The van der Waals surface area contributed by atoms with Gasteiger partial charge in [-0.2, -0.15) is 12.7 Å². The molecule has 0 aliphatic carbocycles. The average Bonchev–Trinajstić information content (AvgIpc) is 2.27. The minimum absolute atomic E-state index is 0.0191. The van der Waals surface area contributed by atoms with E-state index in [1.807, 2.05) is 13.8 Å². The predicted octanol–water partition coefficient (Wildman–Crippen LogP) is 0.407. The zero-order chi connectivity index (χ0) is 13.1. The first-order valence-corrected chi connectivity index (χ1v) is 7.72. The van der Waals surface area contributed by atoms with Gasteiger partial charge >= 0.3 is 0 Å². The average molecular weight is 263 g/mol. The summed E-state index contributed by atoms with van der Waals surface area (Å²) in [5, 5.41) is 3.31. The van der Waals surface area contributed by atoms with Crippen molar-refractivity contribution in [3.05, 3.63) is 0 Å². The second-order valence-electron chi connectivity index (χ2n) is 5.19. The van der Waals surface area contributed by atoms with Crippen LogP contribution in [-0.4, -0.2) is 45.4 Å². The maximum absolute atomic E-state index is 11.9. The van der Waals surface area contributed by atoms with Gasteiger partial charge in [0.15, 0.2) is 0 Å². The molecule has 1 fully saturated rings. The summed E-state index contributed by atoms with van der Waals surface area (Å²) in [5.74, 6) is 0.961. The van der Waals surface area contributed by atoms with Gasteiger partial charge in [-0.1, -0.05) is 6.92 Å². The molecule has 102 valence electrons. The highest BCUT2D eigenvalue weighted by atomic mass is 32.2. The van der Waals surface area contributed by atoms with Gasteiger partial charge in [-0.05, 0) is 45.2 Å². The third-order valence-corrected chi connectivity index (χ3v) is 5.33. The summed E-state index contributed by atoms with van der Waals surface area (Å²) in [7, 11) is -1.72. The van der Waals surface area contributed by atoms with Crippen LogP contribution < -0.4 is 10.0 Å². The maximum atomic E-state index is 11.9. The van der Waals surface area contributed by atoms with Crippen LogP contribution in [0, 0.1) is 11.8 Å². The highest BCUT2D eigenvalue weighted by molar-refractivity contribution is 7.87. The van der Waals surface area contributed by atoms with Crippen LogP contribution in [0.4, 0.5) is 0 Å². The van der Waals surface area contributed by atoms with E-state index in [1.165, 1.54) is 4.31 Å². The molecule has 2 unspecified atom stereocenters. The fraction of sp³-hybridized carbons (Fsp3) is 1.00. The number of piperidine rings is 1. The van der Waals surface area contributed by atoms with E-state index in [2.05, 4.69) is 17.0 Å². The summed E-state index contributed by atoms with van der Waals surface area (Å²) in [5.41, 5.74) is 0. The summed E-state index contributed by atoms with van der Waals surface area (Å²) >= 11 is 0. The predicted molar refractivity (Wildman–Crippen MR) is 70.0 cm³/mol. The topological polar surface area (TPSA) is 61.4 Å². The fourth-order valence-corrected chi connectivity index (χ4v) is 3.10. The van der Waals surface area contributed by atoms with Gasteiger partial charge in [0, 0.05) is 19.6 Å². The van der Waals surface area contributed by atoms with Crippen molar-refractivity contribution in [2.45, 2.75) is 33.2 Å². The lowest BCUT2D eigenvalue weighted by molar-refractivity contribution is 0.272. The number of hydrogen-bond acceptors (Lipinski definition) is 3. The minimum Gasteiger partial charge on any atom is -0.316 e. The number of nitrogens with one attached hydrogen (secondary N) is 2. The third-order valence-electron chi connectivity index (χ3n) is 3.62. The lowest BCUT2D eigenvalue weighted by Crippen LogP contribution is -2.47. The van der Waals surface area contributed by atoms with E-state index in [9.17, 15) is 8.42 Å². The van der Waals surface area contributed by atoms with E-state index in [0.717, 1.165) is 19.5 Å². The molecule has 2 atom stereocenters. The molecule has 0 bridgehead atoms. The largest absolute Gasteiger partial charge is 0.316 e. The van der Waals surface area contributed by atoms with Crippen molar-refractivity contribution in [3.8, 4) is 0 Å². The Morgan fingerprint density at radius 1 is 1.47 bits per heavy atom. The van der Waals surface area contributed by atoms with E-state index in [4.69, 9.17) is 0 Å². The van der Waals surface area contributed by atoms with Gasteiger partial charge < -0.3 is 5.32 Å². The molecule has 0 radical (unpaired) electrons. The fourth-order valence-electron chi connectivity index (χ4n) is 1.92. The summed E-state index contributed by atoms with van der Waals surface area (Å²) in [6.07, 6.45) is 1.12. The minimum atomic E-state index is -3.33. The quantitative estimate of drug-likeness (QED) is 0.755. The molecule has 0 aromatic rings. The Labute approximate surface area is 105 Å². The second-order valence-corrected chi connectivity index (χ2v) is 7.01. The van der Waals surface area contributed by atoms with Crippen molar-refractivity contribution in [2.24, 2.45) is 11.8 Å². The molecule has 1 aliphatic heterocycles. The Hall–Kier alpha value is -0.170. The SMILES string of the molecule is CC1CCNCC1CNS(=O)(=O)N(C)C(C)C. The first-order valence-electron chi connectivity index (χ1n) is 6.28. The van der Waals surface area contributed by atoms with Gasteiger partial charge in [-0.3, -0.25) is 0 Å². The smallest absolute Gasteiger partial charge is 0.279 e. The molecule has 17 heavy (non-hydrogen) atoms. The zero-order valence-electron chi connectivity index (χ0n) is 11.2. The van der Waals surface area contributed by atoms with Gasteiger partial charge in [0.25, 0.3) is 10.2 Å². The molecule has 0 amide bonds. The van der Waals surface area contributed by atoms with Crippen molar-refractivity contribution in [2.75, 3.05) is 26.7 Å². The van der Waals surface area contributed by atoms with Gasteiger partial charge in [0.05, 0.1) is 0 Å². The number of rotatable bonds is 5. The lowest BCUT2D eigenvalue weighted by atomic mass is 9.88. The van der Waals surface area contributed by atoms with Crippen LogP contribution in [-0.2, 0) is 10.2 Å². The Balaban J connectivity index is 2.49. The van der Waals surface area contributed by atoms with E-state index in [1.54, 1.807) is 7.05 Å². The first kappa shape index (κ1) is 14.9. The standard InChI is InChI=1S/C11H25N3O2S/c1-9(2)14(4)17(15,16)13-8-11-7-12-6-5-10(11)3/h9-13H,5-8H2,1-4H3. The van der Waals surface area contributed by atoms with E-state index in [-0.39, 0.29) is 6.04 Å². The van der Waals surface area contributed by atoms with Crippen LogP contribution in [0.25, 0.3) is 0 Å². The molecular weight excluding hydrogens is 238 g/mol. The summed E-state index contributed by atoms with van der Waals surface area (Å²) in [4.78, 5) is 0. The summed E-state index contributed by atoms with van der Waals surface area (Å²) in [6, 6.07) is -0.0191. The van der Waals surface area contributed by atoms with Gasteiger partial charge in [-0.25, -0.2) is 4.72 Å². The second kappa shape index (κ2) is 6.13. The van der Waals surface area contributed by atoms with E-state index in [0.29, 0.717) is 18.4 Å². The van der Waals surface area contributed by atoms with Crippen LogP contribution in [0.5, 0.6) is 0 Å². The van der Waals surface area contributed by atoms with Crippen molar-refractivity contribution in [1.82, 2.24) is 14.3 Å². The zero-order valence-corrected chi connectivity index (χ0v) is 12.0. The molecule has 1 heterocycles. The molecule has 0 aromatic heterocycles. The summed E-state index contributed by atoms with van der Waals surface area (Å²) < 4.78 is 27.9. The van der Waals surface area contributed by atoms with Crippen molar-refractivity contribution in [1.29, 1.82) is 0 Å². The Morgan fingerprint density at radius 2 is 2.12 bits per heavy atom. The number of nitrogens with zero attached hydrogens (tertiary/aromatic N) is 1. The third kappa shape index (κ3) is 4.21. The van der Waals surface area contributed by atoms with E-state index >= 15 is 0 Å². The van der Waals surface area contributed by atoms with E-state index < -0.39 is 10.2 Å². The Bertz CT molecular complexity index is 330. The van der Waals surface area contributed by atoms with Gasteiger partial charge in [-0.15, -0.1) is 0 Å². The molecule has 0 aromatic carbocycles. The molecular formula is C11H25N3O2S.